The molecular formula is C16H22N4. The van der Waals surface area contributed by atoms with E-state index in [2.05, 4.69) is 40.4 Å². The van der Waals surface area contributed by atoms with E-state index in [4.69, 9.17) is 0 Å². The maximum Gasteiger partial charge on any atom is 0.0539 e. The van der Waals surface area contributed by atoms with Crippen LogP contribution in [0.3, 0.4) is 0 Å². The van der Waals surface area contributed by atoms with Crippen molar-refractivity contribution in [2.24, 2.45) is 7.05 Å². The fourth-order valence-electron chi connectivity index (χ4n) is 2.78. The Morgan fingerprint density at radius 1 is 1.25 bits per heavy atom. The van der Waals surface area contributed by atoms with E-state index in [0.29, 0.717) is 0 Å². The van der Waals surface area contributed by atoms with Gasteiger partial charge in [-0.25, -0.2) is 0 Å². The summed E-state index contributed by atoms with van der Waals surface area (Å²) in [6.45, 7) is 5.38. The summed E-state index contributed by atoms with van der Waals surface area (Å²) >= 11 is 0. The molecule has 0 bridgehead atoms. The van der Waals surface area contributed by atoms with E-state index in [1.165, 1.54) is 48.4 Å². The first-order valence-electron chi connectivity index (χ1n) is 7.29. The molecule has 0 aliphatic carbocycles. The van der Waals surface area contributed by atoms with E-state index in [1.54, 1.807) is 0 Å². The molecule has 3 rings (SSSR count). The molecule has 20 heavy (non-hydrogen) atoms. The normalized spacial score (nSPS) is 14.8. The summed E-state index contributed by atoms with van der Waals surface area (Å²) < 4.78 is 1.83. The third-order valence-corrected chi connectivity index (χ3v) is 3.92. The van der Waals surface area contributed by atoms with Crippen molar-refractivity contribution in [3.63, 3.8) is 0 Å². The average Bonchev–Trinajstić information content (AvgIpc) is 3.08. The molecule has 2 heterocycles. The molecule has 4 nitrogen and oxygen atoms in total. The Balaban J connectivity index is 1.67. The number of hydrogen-bond acceptors (Lipinski definition) is 3. The smallest absolute Gasteiger partial charge is 0.0539 e. The molecule has 0 radical (unpaired) electrons. The molecule has 0 saturated carbocycles. The van der Waals surface area contributed by atoms with Crippen LogP contribution in [-0.4, -0.2) is 22.9 Å². The first-order chi connectivity index (χ1) is 9.72. The predicted octanol–water partition coefficient (Wildman–Crippen LogP) is 2.94. The summed E-state index contributed by atoms with van der Waals surface area (Å²) in [7, 11) is 1.94. The average molecular weight is 270 g/mol. The minimum Gasteiger partial charge on any atom is -0.381 e. The predicted molar refractivity (Wildman–Crippen MR) is 83.2 cm³/mol. The maximum atomic E-state index is 4.19. The van der Waals surface area contributed by atoms with Crippen molar-refractivity contribution in [1.82, 2.24) is 9.78 Å². The molecule has 106 valence electrons. The second-order valence-corrected chi connectivity index (χ2v) is 5.57. The lowest BCUT2D eigenvalue weighted by Crippen LogP contribution is -2.17. The molecule has 0 spiro atoms. The van der Waals surface area contributed by atoms with Crippen molar-refractivity contribution in [2.45, 2.75) is 26.3 Å². The summed E-state index contributed by atoms with van der Waals surface area (Å²) in [6.07, 6.45) is 6.59. The zero-order valence-electron chi connectivity index (χ0n) is 12.3. The Labute approximate surface area is 120 Å². The molecule has 1 N–H and O–H groups in total. The van der Waals surface area contributed by atoms with Gasteiger partial charge in [0.15, 0.2) is 0 Å². The first kappa shape index (κ1) is 13.0. The van der Waals surface area contributed by atoms with Crippen molar-refractivity contribution < 1.29 is 0 Å². The number of aromatic nitrogens is 2. The van der Waals surface area contributed by atoms with Gasteiger partial charge in [-0.3, -0.25) is 4.68 Å². The number of nitrogens with one attached hydrogen (secondary N) is 1. The highest BCUT2D eigenvalue weighted by atomic mass is 15.2. The van der Waals surface area contributed by atoms with Crippen molar-refractivity contribution >= 4 is 11.4 Å². The molecule has 1 fully saturated rings. The topological polar surface area (TPSA) is 33.1 Å². The Morgan fingerprint density at radius 2 is 2.05 bits per heavy atom. The zero-order valence-corrected chi connectivity index (χ0v) is 12.3. The monoisotopic (exact) mass is 270 g/mol. The minimum atomic E-state index is 0.817. The highest BCUT2D eigenvalue weighted by Gasteiger charge is 2.12. The van der Waals surface area contributed by atoms with Gasteiger partial charge < -0.3 is 10.2 Å². The highest BCUT2D eigenvalue weighted by Crippen LogP contribution is 2.25. The van der Waals surface area contributed by atoms with Crippen LogP contribution in [0.25, 0.3) is 0 Å². The van der Waals surface area contributed by atoms with E-state index in [0.717, 1.165) is 6.54 Å². The fourth-order valence-corrected chi connectivity index (χ4v) is 2.78. The molecule has 1 aliphatic rings. The molecule has 1 aliphatic heterocycles. The van der Waals surface area contributed by atoms with Gasteiger partial charge in [-0.15, -0.1) is 0 Å². The molecule has 0 atom stereocenters. The van der Waals surface area contributed by atoms with Crippen LogP contribution < -0.4 is 10.2 Å². The van der Waals surface area contributed by atoms with Crippen LogP contribution in [0.4, 0.5) is 11.4 Å². The summed E-state index contributed by atoms with van der Waals surface area (Å²) in [4.78, 5) is 2.47. The fraction of sp³-hybridized carbons (Fsp3) is 0.438. The van der Waals surface area contributed by atoms with Gasteiger partial charge in [0.2, 0.25) is 0 Å². The van der Waals surface area contributed by atoms with E-state index in [-0.39, 0.29) is 0 Å². The van der Waals surface area contributed by atoms with Crippen LogP contribution >= 0.6 is 0 Å². The van der Waals surface area contributed by atoms with E-state index >= 15 is 0 Å². The van der Waals surface area contributed by atoms with E-state index < -0.39 is 0 Å². The van der Waals surface area contributed by atoms with Crippen molar-refractivity contribution in [2.75, 3.05) is 23.3 Å². The number of hydrogen-bond donors (Lipinski definition) is 1. The third kappa shape index (κ3) is 2.79. The summed E-state index contributed by atoms with van der Waals surface area (Å²) in [5.41, 5.74) is 5.07. The van der Waals surface area contributed by atoms with Crippen LogP contribution in [0, 0.1) is 6.92 Å². The number of nitrogens with zero attached hydrogens (tertiary/aromatic N) is 3. The molecule has 1 aromatic carbocycles. The molecule has 0 unspecified atom stereocenters. The Morgan fingerprint density at radius 3 is 2.70 bits per heavy atom. The third-order valence-electron chi connectivity index (χ3n) is 3.92. The Bertz CT molecular complexity index is 582. The van der Waals surface area contributed by atoms with Crippen molar-refractivity contribution in [1.29, 1.82) is 0 Å². The lowest BCUT2D eigenvalue weighted by Gasteiger charge is -2.19. The number of rotatable bonds is 4. The van der Waals surface area contributed by atoms with Crippen LogP contribution in [0.2, 0.25) is 0 Å². The van der Waals surface area contributed by atoms with Crippen molar-refractivity contribution in [3.8, 4) is 0 Å². The first-order valence-corrected chi connectivity index (χ1v) is 7.29. The van der Waals surface area contributed by atoms with Gasteiger partial charge in [0.1, 0.15) is 0 Å². The Kier molecular flexibility index (Phi) is 3.63. The van der Waals surface area contributed by atoms with E-state index in [9.17, 15) is 0 Å². The number of benzene rings is 1. The molecular weight excluding hydrogens is 248 g/mol. The molecule has 1 aromatic heterocycles. The Hall–Kier alpha value is -1.97. The van der Waals surface area contributed by atoms with Crippen LogP contribution in [-0.2, 0) is 13.6 Å². The maximum absolute atomic E-state index is 4.19. The van der Waals surface area contributed by atoms with Gasteiger partial charge in [0.25, 0.3) is 0 Å². The SMILES string of the molecule is Cc1cc(N2CCCC2)ccc1NCc1cnn(C)c1. The lowest BCUT2D eigenvalue weighted by atomic mass is 10.1. The zero-order chi connectivity index (χ0) is 13.9. The van der Waals surface area contributed by atoms with Crippen LogP contribution in [0.5, 0.6) is 0 Å². The largest absolute Gasteiger partial charge is 0.381 e. The summed E-state index contributed by atoms with van der Waals surface area (Å²) in [5, 5.41) is 7.68. The quantitative estimate of drug-likeness (QED) is 0.927. The van der Waals surface area contributed by atoms with Gasteiger partial charge in [-0.2, -0.15) is 5.10 Å². The minimum absolute atomic E-state index is 0.817. The van der Waals surface area contributed by atoms with Gasteiger partial charge in [-0.1, -0.05) is 0 Å². The molecule has 1 saturated heterocycles. The summed E-state index contributed by atoms with van der Waals surface area (Å²) in [6, 6.07) is 6.71. The van der Waals surface area contributed by atoms with Gasteiger partial charge >= 0.3 is 0 Å². The van der Waals surface area contributed by atoms with Crippen molar-refractivity contribution in [3.05, 3.63) is 41.7 Å². The van der Waals surface area contributed by atoms with Gasteiger partial charge in [-0.05, 0) is 43.5 Å². The number of aryl methyl sites for hydroxylation is 2. The van der Waals surface area contributed by atoms with Gasteiger partial charge in [0.05, 0.1) is 6.20 Å². The van der Waals surface area contributed by atoms with E-state index in [1.807, 2.05) is 24.1 Å². The number of anilines is 2. The van der Waals surface area contributed by atoms with Crippen LogP contribution in [0.15, 0.2) is 30.6 Å². The second kappa shape index (κ2) is 5.57. The molecule has 2 aromatic rings. The highest BCUT2D eigenvalue weighted by molar-refractivity contribution is 5.60. The molecule has 0 amide bonds. The lowest BCUT2D eigenvalue weighted by molar-refractivity contribution is 0.767. The summed E-state index contributed by atoms with van der Waals surface area (Å²) in [5.74, 6) is 0. The van der Waals surface area contributed by atoms with Crippen LogP contribution in [0.1, 0.15) is 24.0 Å². The standard InChI is InChI=1S/C16H22N4/c1-13-9-15(20-7-3-4-8-20)5-6-16(13)17-10-14-11-18-19(2)12-14/h5-6,9,11-12,17H,3-4,7-8,10H2,1-2H3. The molecule has 4 heteroatoms. The van der Waals surface area contributed by atoms with Gasteiger partial charge in [0, 0.05) is 49.8 Å². The second-order valence-electron chi connectivity index (χ2n) is 5.57.